The van der Waals surface area contributed by atoms with Crippen LogP contribution in [0, 0.1) is 5.92 Å². The van der Waals surface area contributed by atoms with Crippen molar-refractivity contribution in [2.24, 2.45) is 11.8 Å². The number of hydrogen-bond acceptors (Lipinski definition) is 4. The Labute approximate surface area is 126 Å². The molecule has 0 aliphatic heterocycles. The van der Waals surface area contributed by atoms with E-state index >= 15 is 0 Å². The van der Waals surface area contributed by atoms with Gasteiger partial charge in [0.25, 0.3) is 0 Å². The van der Waals surface area contributed by atoms with E-state index < -0.39 is 0 Å². The van der Waals surface area contributed by atoms with Gasteiger partial charge in [0, 0.05) is 19.5 Å². The van der Waals surface area contributed by atoms with Crippen LogP contribution in [0.5, 0.6) is 0 Å². The summed E-state index contributed by atoms with van der Waals surface area (Å²) in [5.74, 6) is 6.34. The number of hydrazine groups is 1. The lowest BCUT2D eigenvalue weighted by atomic mass is 9.81. The molecule has 3 N–H and O–H groups in total. The number of halogens is 1. The van der Waals surface area contributed by atoms with E-state index in [2.05, 4.69) is 10.4 Å². The van der Waals surface area contributed by atoms with Gasteiger partial charge in [-0.1, -0.05) is 30.9 Å². The minimum Gasteiger partial charge on any atom is -0.379 e. The van der Waals surface area contributed by atoms with Crippen molar-refractivity contribution in [3.63, 3.8) is 0 Å². The molecule has 0 saturated heterocycles. The van der Waals surface area contributed by atoms with Crippen molar-refractivity contribution in [1.82, 2.24) is 10.4 Å². The van der Waals surface area contributed by atoms with Gasteiger partial charge in [0.15, 0.2) is 0 Å². The van der Waals surface area contributed by atoms with Gasteiger partial charge in [0.05, 0.1) is 17.2 Å². The summed E-state index contributed by atoms with van der Waals surface area (Å²) < 4.78 is 5.75. The molecule has 1 aromatic rings. The molecule has 2 atom stereocenters. The van der Waals surface area contributed by atoms with Crippen LogP contribution in [-0.4, -0.2) is 24.2 Å². The van der Waals surface area contributed by atoms with Crippen molar-refractivity contribution < 1.29 is 4.74 Å². The molecule has 2 rings (SSSR count). The summed E-state index contributed by atoms with van der Waals surface area (Å²) in [6.07, 6.45) is 10.7. The number of nitrogens with one attached hydrogen (secondary N) is 1. The maximum absolute atomic E-state index is 6.19. The third kappa shape index (κ3) is 3.92. The first kappa shape index (κ1) is 15.7. The second-order valence-corrected chi connectivity index (χ2v) is 5.95. The number of aromatic nitrogens is 1. The van der Waals surface area contributed by atoms with Gasteiger partial charge in [0.2, 0.25) is 0 Å². The molecular formula is C15H24ClN3O. The van der Waals surface area contributed by atoms with Gasteiger partial charge in [-0.15, -0.1) is 0 Å². The number of rotatable bonds is 6. The molecule has 1 aliphatic carbocycles. The largest absolute Gasteiger partial charge is 0.379 e. The highest BCUT2D eigenvalue weighted by molar-refractivity contribution is 6.31. The minimum atomic E-state index is 0.0722. The van der Waals surface area contributed by atoms with Crippen LogP contribution in [0.1, 0.15) is 37.7 Å². The van der Waals surface area contributed by atoms with Crippen molar-refractivity contribution >= 4 is 11.6 Å². The van der Waals surface area contributed by atoms with Crippen molar-refractivity contribution in [3.8, 4) is 0 Å². The Morgan fingerprint density at radius 1 is 1.45 bits per heavy atom. The maximum Gasteiger partial charge on any atom is 0.0769 e. The quantitative estimate of drug-likeness (QED) is 0.626. The van der Waals surface area contributed by atoms with E-state index in [9.17, 15) is 0 Å². The Morgan fingerprint density at radius 2 is 2.20 bits per heavy atom. The highest BCUT2D eigenvalue weighted by Crippen LogP contribution is 2.30. The van der Waals surface area contributed by atoms with E-state index in [1.165, 1.54) is 32.1 Å². The third-order valence-electron chi connectivity index (χ3n) is 4.29. The molecule has 1 heterocycles. The number of pyridine rings is 1. The van der Waals surface area contributed by atoms with Crippen LogP contribution >= 0.6 is 11.6 Å². The average molecular weight is 298 g/mol. The molecule has 2 unspecified atom stereocenters. The molecule has 20 heavy (non-hydrogen) atoms. The molecule has 112 valence electrons. The Bertz CT molecular complexity index is 410. The Balaban J connectivity index is 2.06. The summed E-state index contributed by atoms with van der Waals surface area (Å²) in [6, 6.07) is 2.02. The predicted octanol–water partition coefficient (Wildman–Crippen LogP) is 2.70. The molecular weight excluding hydrogens is 274 g/mol. The molecule has 5 heteroatoms. The van der Waals surface area contributed by atoms with Crippen LogP contribution in [0.3, 0.4) is 0 Å². The van der Waals surface area contributed by atoms with Gasteiger partial charge in [-0.3, -0.25) is 16.3 Å². The van der Waals surface area contributed by atoms with Crippen LogP contribution in [0.4, 0.5) is 0 Å². The summed E-state index contributed by atoms with van der Waals surface area (Å²) in [7, 11) is 1.78. The van der Waals surface area contributed by atoms with E-state index in [0.29, 0.717) is 10.9 Å². The van der Waals surface area contributed by atoms with Gasteiger partial charge >= 0.3 is 0 Å². The predicted molar refractivity (Wildman–Crippen MR) is 81.4 cm³/mol. The molecule has 4 nitrogen and oxygen atoms in total. The van der Waals surface area contributed by atoms with Gasteiger partial charge in [0.1, 0.15) is 0 Å². The number of hydrogen-bond donors (Lipinski definition) is 2. The SMILES string of the molecule is COC(C1CCCCC1)C(Cc1ccncc1Cl)NN. The van der Waals surface area contributed by atoms with E-state index in [1.807, 2.05) is 6.07 Å². The zero-order chi connectivity index (χ0) is 14.4. The molecule has 1 aromatic heterocycles. The van der Waals surface area contributed by atoms with Gasteiger partial charge in [-0.05, 0) is 36.8 Å². The minimum absolute atomic E-state index is 0.0722. The molecule has 0 bridgehead atoms. The molecule has 0 spiro atoms. The van der Waals surface area contributed by atoms with Crippen LogP contribution in [-0.2, 0) is 11.2 Å². The van der Waals surface area contributed by atoms with Crippen molar-refractivity contribution in [2.75, 3.05) is 7.11 Å². The molecule has 1 aliphatic rings. The second kappa shape index (κ2) is 7.93. The lowest BCUT2D eigenvalue weighted by Crippen LogP contribution is -2.49. The monoisotopic (exact) mass is 297 g/mol. The summed E-state index contributed by atoms with van der Waals surface area (Å²) in [5, 5.41) is 0.686. The highest BCUT2D eigenvalue weighted by Gasteiger charge is 2.30. The lowest BCUT2D eigenvalue weighted by Gasteiger charge is -2.34. The van der Waals surface area contributed by atoms with Gasteiger partial charge in [-0.25, -0.2) is 0 Å². The number of nitrogens with two attached hydrogens (primary N) is 1. The summed E-state index contributed by atoms with van der Waals surface area (Å²) in [4.78, 5) is 4.02. The van der Waals surface area contributed by atoms with E-state index in [1.54, 1.807) is 19.5 Å². The van der Waals surface area contributed by atoms with E-state index in [4.69, 9.17) is 22.2 Å². The molecule has 0 radical (unpaired) electrons. The summed E-state index contributed by atoms with van der Waals surface area (Å²) in [5.41, 5.74) is 3.98. The van der Waals surface area contributed by atoms with Gasteiger partial charge < -0.3 is 4.74 Å². The van der Waals surface area contributed by atoms with E-state index in [-0.39, 0.29) is 12.1 Å². The zero-order valence-corrected chi connectivity index (χ0v) is 12.8. The van der Waals surface area contributed by atoms with Crippen LogP contribution < -0.4 is 11.3 Å². The van der Waals surface area contributed by atoms with E-state index in [0.717, 1.165) is 12.0 Å². The van der Waals surface area contributed by atoms with Crippen molar-refractivity contribution in [3.05, 3.63) is 29.0 Å². The van der Waals surface area contributed by atoms with Crippen LogP contribution in [0.25, 0.3) is 0 Å². The van der Waals surface area contributed by atoms with Gasteiger partial charge in [-0.2, -0.15) is 0 Å². The summed E-state index contributed by atoms with van der Waals surface area (Å²) in [6.45, 7) is 0. The maximum atomic E-state index is 6.19. The first-order valence-corrected chi connectivity index (χ1v) is 7.71. The number of nitrogens with zero attached hydrogens (tertiary/aromatic N) is 1. The highest BCUT2D eigenvalue weighted by atomic mass is 35.5. The van der Waals surface area contributed by atoms with Crippen LogP contribution in [0.2, 0.25) is 5.02 Å². The molecule has 0 aromatic carbocycles. The topological polar surface area (TPSA) is 60.2 Å². The fraction of sp³-hybridized carbons (Fsp3) is 0.667. The smallest absolute Gasteiger partial charge is 0.0769 e. The number of methoxy groups -OCH3 is 1. The first-order valence-electron chi connectivity index (χ1n) is 7.33. The molecule has 1 fully saturated rings. The Hall–Kier alpha value is -0.680. The summed E-state index contributed by atoms with van der Waals surface area (Å²) >= 11 is 6.19. The Morgan fingerprint density at radius 3 is 2.80 bits per heavy atom. The van der Waals surface area contributed by atoms with Crippen LogP contribution in [0.15, 0.2) is 18.5 Å². The average Bonchev–Trinajstić information content (AvgIpc) is 2.50. The first-order chi connectivity index (χ1) is 9.76. The zero-order valence-electron chi connectivity index (χ0n) is 12.0. The Kier molecular flexibility index (Phi) is 6.23. The van der Waals surface area contributed by atoms with Crippen molar-refractivity contribution in [2.45, 2.75) is 50.7 Å². The molecule has 0 amide bonds. The normalized spacial score (nSPS) is 19.8. The van der Waals surface area contributed by atoms with Crippen molar-refractivity contribution in [1.29, 1.82) is 0 Å². The second-order valence-electron chi connectivity index (χ2n) is 5.54. The standard InChI is InChI=1S/C15H24ClN3O/c1-20-15(11-5-3-2-4-6-11)14(19-17)9-12-7-8-18-10-13(12)16/h7-8,10-11,14-15,19H,2-6,9,17H2,1H3. The fourth-order valence-corrected chi connectivity index (χ4v) is 3.42. The number of ether oxygens (including phenoxy) is 1. The fourth-order valence-electron chi connectivity index (χ4n) is 3.22. The third-order valence-corrected chi connectivity index (χ3v) is 4.63. The molecule has 1 saturated carbocycles. The lowest BCUT2D eigenvalue weighted by molar-refractivity contribution is 0.00827.